The molecule has 18 heteroatoms. The van der Waals surface area contributed by atoms with Crippen LogP contribution in [0, 0.1) is 5.41 Å². The fourth-order valence-corrected chi connectivity index (χ4v) is 8.68. The maximum Gasteiger partial charge on any atom is 0.332 e. The molecule has 6 amide bonds. The van der Waals surface area contributed by atoms with Crippen molar-refractivity contribution in [3.8, 4) is 11.1 Å². The molecular formula is C49H56FN7O9S. The maximum atomic E-state index is 14.9. The first kappa shape index (κ1) is 49.7. The molecule has 2 aliphatic heterocycles. The summed E-state index contributed by atoms with van der Waals surface area (Å²) in [7, 11) is -4.87. The summed E-state index contributed by atoms with van der Waals surface area (Å²) in [5, 5.41) is 14.2. The Morgan fingerprint density at radius 2 is 1.51 bits per heavy atom. The van der Waals surface area contributed by atoms with Crippen LogP contribution in [-0.2, 0) is 69.5 Å². The van der Waals surface area contributed by atoms with Gasteiger partial charge in [-0.1, -0.05) is 91.0 Å². The Balaban J connectivity index is 1.31. The van der Waals surface area contributed by atoms with E-state index in [1.54, 1.807) is 48.5 Å². The van der Waals surface area contributed by atoms with Crippen molar-refractivity contribution in [2.75, 3.05) is 45.9 Å². The number of nitrogens with zero attached hydrogens (tertiary/aromatic N) is 1. The molecule has 4 aromatic rings. The van der Waals surface area contributed by atoms with E-state index in [-0.39, 0.29) is 58.5 Å². The van der Waals surface area contributed by atoms with E-state index in [9.17, 15) is 41.1 Å². The first-order valence-electron chi connectivity index (χ1n) is 22.2. The molecule has 6 rings (SSSR count). The number of ether oxygens (including phenoxy) is 1. The minimum Gasteiger partial charge on any atom is -0.378 e. The number of carbonyl (C=O) groups is 6. The van der Waals surface area contributed by atoms with Gasteiger partial charge in [-0.15, -0.1) is 3.89 Å². The molecule has 4 aromatic carbocycles. The van der Waals surface area contributed by atoms with Crippen molar-refractivity contribution in [1.29, 1.82) is 0 Å². The summed E-state index contributed by atoms with van der Waals surface area (Å²) < 4.78 is 41.6. The van der Waals surface area contributed by atoms with E-state index in [2.05, 4.69) is 26.6 Å². The SMILES string of the molecule is NCCOCCNC(=O)[C@@H]1CCNC(=O)/C=C/C(=O)N2CCC[C@](Cc3ccccc3)(C2)C(=O)N[C@@H](Cc2ccc(-c3ccc(S(=O)(=O)F)cc3)cc2)C(=O)NCc2ccccc2CC(=O)N1. The van der Waals surface area contributed by atoms with Crippen LogP contribution in [0.15, 0.2) is 120 Å². The van der Waals surface area contributed by atoms with Crippen molar-refractivity contribution in [1.82, 2.24) is 31.5 Å². The molecule has 0 radical (unpaired) electrons. The zero-order valence-electron chi connectivity index (χ0n) is 37.0. The standard InChI is InChI=1S/C49H56FN7O9S/c50-67(64,65)40-17-15-37(16-18-40)36-13-11-34(12-14-36)29-42-47(62)54-32-39-10-5-4-9-38(39)30-44(59)55-41(46(61)53-25-28-66-27-23-51)21-24-52-43(58)19-20-45(60)57-26-6-22-49(33-57,48(63)56-42)31-35-7-2-1-3-8-35/h1-5,7-20,41-42H,6,21-33,51H2,(H,52,58)(H,53,61)(H,54,62)(H,55,59)(H,56,63)/b20-19+/t41-,42-,49-/m0/s1. The van der Waals surface area contributed by atoms with Gasteiger partial charge in [0.1, 0.15) is 12.1 Å². The lowest BCUT2D eigenvalue weighted by Gasteiger charge is -2.42. The predicted octanol–water partition coefficient (Wildman–Crippen LogP) is 2.40. The third-order valence-electron chi connectivity index (χ3n) is 11.7. The molecule has 354 valence electrons. The van der Waals surface area contributed by atoms with E-state index in [0.717, 1.165) is 17.7 Å². The molecule has 7 N–H and O–H groups in total. The number of nitrogens with one attached hydrogen (secondary N) is 5. The second kappa shape index (κ2) is 23.6. The highest BCUT2D eigenvalue weighted by molar-refractivity contribution is 7.86. The summed E-state index contributed by atoms with van der Waals surface area (Å²) in [5.41, 5.74) is 8.36. The van der Waals surface area contributed by atoms with Crippen LogP contribution in [0.25, 0.3) is 11.1 Å². The van der Waals surface area contributed by atoms with Crippen molar-refractivity contribution in [2.24, 2.45) is 11.1 Å². The van der Waals surface area contributed by atoms with E-state index >= 15 is 0 Å². The summed E-state index contributed by atoms with van der Waals surface area (Å²) in [6, 6.07) is 26.7. The second-order valence-electron chi connectivity index (χ2n) is 16.6. The molecule has 0 saturated carbocycles. The topological polar surface area (TPSA) is 235 Å². The Morgan fingerprint density at radius 3 is 2.21 bits per heavy atom. The van der Waals surface area contributed by atoms with Gasteiger partial charge in [-0.3, -0.25) is 28.8 Å². The number of piperidine rings is 1. The van der Waals surface area contributed by atoms with Crippen molar-refractivity contribution in [3.63, 3.8) is 0 Å². The van der Waals surface area contributed by atoms with Crippen molar-refractivity contribution < 1.29 is 45.8 Å². The van der Waals surface area contributed by atoms with Crippen LogP contribution in [-0.4, -0.2) is 107 Å². The van der Waals surface area contributed by atoms with Crippen LogP contribution in [0.1, 0.15) is 41.5 Å². The van der Waals surface area contributed by atoms with E-state index in [0.29, 0.717) is 60.4 Å². The maximum absolute atomic E-state index is 14.9. The molecule has 67 heavy (non-hydrogen) atoms. The van der Waals surface area contributed by atoms with Crippen LogP contribution in [0.3, 0.4) is 0 Å². The highest BCUT2D eigenvalue weighted by Crippen LogP contribution is 2.35. The van der Waals surface area contributed by atoms with Gasteiger partial charge in [-0.25, -0.2) is 0 Å². The number of carbonyl (C=O) groups excluding carboxylic acids is 6. The average Bonchev–Trinajstić information content (AvgIpc) is 3.32. The molecule has 1 fully saturated rings. The van der Waals surface area contributed by atoms with Gasteiger partial charge in [-0.05, 0) is 71.2 Å². The Morgan fingerprint density at radius 1 is 0.821 bits per heavy atom. The van der Waals surface area contributed by atoms with Gasteiger partial charge in [-0.2, -0.15) is 8.42 Å². The minimum absolute atomic E-state index is 0.00514. The lowest BCUT2D eigenvalue weighted by Crippen LogP contribution is -2.58. The van der Waals surface area contributed by atoms with Gasteiger partial charge >= 0.3 is 10.2 Å². The highest BCUT2D eigenvalue weighted by atomic mass is 32.3. The number of amides is 6. The van der Waals surface area contributed by atoms with Gasteiger partial charge in [0.15, 0.2) is 0 Å². The fourth-order valence-electron chi connectivity index (χ4n) is 8.22. The molecular weight excluding hydrogens is 882 g/mol. The molecule has 2 aliphatic rings. The summed E-state index contributed by atoms with van der Waals surface area (Å²) >= 11 is 0. The lowest BCUT2D eigenvalue weighted by molar-refractivity contribution is -0.141. The largest absolute Gasteiger partial charge is 0.378 e. The van der Waals surface area contributed by atoms with E-state index in [1.807, 2.05) is 30.3 Å². The Kier molecular flexibility index (Phi) is 17.5. The van der Waals surface area contributed by atoms with Gasteiger partial charge in [0.25, 0.3) is 0 Å². The van der Waals surface area contributed by atoms with Crippen LogP contribution in [0.4, 0.5) is 3.89 Å². The molecule has 0 unspecified atom stereocenters. The molecule has 3 atom stereocenters. The molecule has 0 spiro atoms. The molecule has 2 bridgehead atoms. The molecule has 0 aliphatic carbocycles. The van der Waals surface area contributed by atoms with Crippen LogP contribution in [0.5, 0.6) is 0 Å². The summed E-state index contributed by atoms with van der Waals surface area (Å²) in [4.78, 5) is 83.9. The zero-order chi connectivity index (χ0) is 47.8. The monoisotopic (exact) mass is 937 g/mol. The van der Waals surface area contributed by atoms with E-state index in [1.165, 1.54) is 29.2 Å². The Hall–Kier alpha value is -6.76. The quantitative estimate of drug-likeness (QED) is 0.0897. The highest BCUT2D eigenvalue weighted by Gasteiger charge is 2.44. The molecule has 0 aromatic heterocycles. The number of fused-ring (bicyclic) bond motifs is 3. The number of hydrogen-bond donors (Lipinski definition) is 6. The van der Waals surface area contributed by atoms with Crippen molar-refractivity contribution >= 4 is 45.7 Å². The zero-order valence-corrected chi connectivity index (χ0v) is 37.8. The van der Waals surface area contributed by atoms with Crippen molar-refractivity contribution in [3.05, 3.63) is 138 Å². The van der Waals surface area contributed by atoms with Gasteiger partial charge in [0, 0.05) is 57.8 Å². The predicted molar refractivity (Wildman–Crippen MR) is 248 cm³/mol. The van der Waals surface area contributed by atoms with Gasteiger partial charge in [0.2, 0.25) is 35.4 Å². The summed E-state index contributed by atoms with van der Waals surface area (Å²) in [6.45, 7) is 1.30. The Labute approximate surface area is 389 Å². The first-order chi connectivity index (χ1) is 32.2. The van der Waals surface area contributed by atoms with Gasteiger partial charge < -0.3 is 42.0 Å². The van der Waals surface area contributed by atoms with Crippen LogP contribution < -0.4 is 32.3 Å². The number of benzene rings is 4. The van der Waals surface area contributed by atoms with Crippen LogP contribution >= 0.6 is 0 Å². The number of nitrogens with two attached hydrogens (primary N) is 1. The number of rotatable bonds is 12. The van der Waals surface area contributed by atoms with E-state index in [4.69, 9.17) is 10.5 Å². The second-order valence-corrected chi connectivity index (χ2v) is 17.9. The Bertz CT molecular complexity index is 2530. The fraction of sp³-hybridized carbons (Fsp3) is 0.347. The number of halogens is 1. The third kappa shape index (κ3) is 14.4. The normalized spacial score (nSPS) is 20.7. The molecule has 16 nitrogen and oxygen atoms in total. The lowest BCUT2D eigenvalue weighted by atomic mass is 9.74. The van der Waals surface area contributed by atoms with Crippen LogP contribution in [0.2, 0.25) is 0 Å². The average molecular weight is 938 g/mol. The first-order valence-corrected chi connectivity index (χ1v) is 23.5. The smallest absolute Gasteiger partial charge is 0.332 e. The van der Waals surface area contributed by atoms with Crippen molar-refractivity contribution in [2.45, 2.75) is 62.0 Å². The van der Waals surface area contributed by atoms with Gasteiger partial charge in [0.05, 0.1) is 29.9 Å². The third-order valence-corrected chi connectivity index (χ3v) is 12.6. The molecule has 2 heterocycles. The minimum atomic E-state index is -4.87. The summed E-state index contributed by atoms with van der Waals surface area (Å²) in [6.07, 6.45) is 3.28. The van der Waals surface area contributed by atoms with E-state index < -0.39 is 68.1 Å². The molecule has 1 saturated heterocycles. The summed E-state index contributed by atoms with van der Waals surface area (Å²) in [5.74, 6) is -3.01. The number of hydrogen-bond acceptors (Lipinski definition) is 10.